The smallest absolute Gasteiger partial charge is 0.264 e. The van der Waals surface area contributed by atoms with E-state index in [9.17, 15) is 13.2 Å². The average Bonchev–Trinajstić information content (AvgIpc) is 3.01. The molecule has 0 fully saturated rings. The Kier molecular flexibility index (Phi) is 8.13. The zero-order valence-electron chi connectivity index (χ0n) is 24.5. The van der Waals surface area contributed by atoms with Crippen LogP contribution in [0.4, 0.5) is 5.95 Å². The minimum Gasteiger partial charge on any atom is -0.472 e. The minimum absolute atomic E-state index is 0.0633. The fourth-order valence-electron chi connectivity index (χ4n) is 5.50. The maximum atomic E-state index is 14.1. The summed E-state index contributed by atoms with van der Waals surface area (Å²) in [6, 6.07) is 33.3. The van der Waals surface area contributed by atoms with Crippen LogP contribution in [-0.4, -0.2) is 41.8 Å². The second-order valence-corrected chi connectivity index (χ2v) is 12.6. The van der Waals surface area contributed by atoms with Gasteiger partial charge in [-0.05, 0) is 54.3 Å². The molecule has 8 nitrogen and oxygen atoms in total. The molecule has 5 aromatic rings. The summed E-state index contributed by atoms with van der Waals surface area (Å²) in [7, 11) is -4.14. The number of aryl methyl sites for hydroxylation is 2. The second-order valence-electron chi connectivity index (χ2n) is 10.9. The number of fused-ring (bicyclic) bond motifs is 4. The first-order valence-electron chi connectivity index (χ1n) is 14.4. The Morgan fingerprint density at radius 2 is 1.48 bits per heavy atom. The van der Waals surface area contributed by atoms with E-state index in [1.165, 1.54) is 12.1 Å². The first-order chi connectivity index (χ1) is 21.2. The molecule has 1 amide bonds. The van der Waals surface area contributed by atoms with Crippen LogP contribution in [0.15, 0.2) is 114 Å². The summed E-state index contributed by atoms with van der Waals surface area (Å²) >= 11 is 0. The van der Waals surface area contributed by atoms with Crippen LogP contribution in [0.1, 0.15) is 32.6 Å². The lowest BCUT2D eigenvalue weighted by molar-refractivity contribution is 0.0634. The number of carbonyl (C=O) groups excluding carboxylic acids is 1. The highest BCUT2D eigenvalue weighted by Crippen LogP contribution is 2.30. The van der Waals surface area contributed by atoms with E-state index in [4.69, 9.17) is 4.74 Å². The molecule has 222 valence electrons. The summed E-state index contributed by atoms with van der Waals surface area (Å²) in [5, 5.41) is 0. The van der Waals surface area contributed by atoms with E-state index in [1.54, 1.807) is 23.1 Å². The molecule has 9 heteroatoms. The van der Waals surface area contributed by atoms with Gasteiger partial charge in [-0.1, -0.05) is 84.9 Å². The number of nitrogens with zero attached hydrogens (tertiary/aromatic N) is 3. The van der Waals surface area contributed by atoms with Crippen LogP contribution in [0.5, 0.6) is 5.88 Å². The van der Waals surface area contributed by atoms with Crippen LogP contribution in [0.3, 0.4) is 0 Å². The maximum Gasteiger partial charge on any atom is 0.264 e. The molecule has 44 heavy (non-hydrogen) atoms. The molecule has 4 bridgehead atoms. The van der Waals surface area contributed by atoms with Crippen molar-refractivity contribution in [1.29, 1.82) is 0 Å². The lowest BCUT2D eigenvalue weighted by Crippen LogP contribution is -2.40. The molecule has 1 aliphatic heterocycles. The lowest BCUT2D eigenvalue weighted by atomic mass is 10.00. The summed E-state index contributed by atoms with van der Waals surface area (Å²) in [6.45, 7) is 4.50. The molecule has 0 saturated carbocycles. The average molecular weight is 605 g/mol. The van der Waals surface area contributed by atoms with Gasteiger partial charge in [-0.2, -0.15) is 4.98 Å². The van der Waals surface area contributed by atoms with Crippen molar-refractivity contribution in [1.82, 2.24) is 14.9 Å². The number of anilines is 1. The number of benzene rings is 4. The fourth-order valence-corrected chi connectivity index (χ4v) is 6.48. The summed E-state index contributed by atoms with van der Waals surface area (Å²) in [5.41, 5.74) is 5.58. The number of aromatic nitrogens is 2. The van der Waals surface area contributed by atoms with E-state index in [0.717, 1.165) is 27.8 Å². The molecule has 2 heterocycles. The van der Waals surface area contributed by atoms with Gasteiger partial charge in [0.15, 0.2) is 0 Å². The fraction of sp³-hybridized carbons (Fsp3) is 0.171. The van der Waals surface area contributed by atoms with Crippen LogP contribution in [0.25, 0.3) is 11.3 Å². The third-order valence-electron chi connectivity index (χ3n) is 7.58. The maximum absolute atomic E-state index is 14.1. The zero-order valence-corrected chi connectivity index (χ0v) is 25.3. The van der Waals surface area contributed by atoms with Crippen molar-refractivity contribution in [2.75, 3.05) is 11.3 Å². The quantitative estimate of drug-likeness (QED) is 0.256. The van der Waals surface area contributed by atoms with Crippen molar-refractivity contribution in [3.8, 4) is 17.1 Å². The van der Waals surface area contributed by atoms with Gasteiger partial charge in [0.05, 0.1) is 17.1 Å². The predicted molar refractivity (Wildman–Crippen MR) is 170 cm³/mol. The summed E-state index contributed by atoms with van der Waals surface area (Å²) in [4.78, 5) is 24.8. The molecule has 6 rings (SSSR count). The van der Waals surface area contributed by atoms with Gasteiger partial charge in [0, 0.05) is 30.2 Å². The monoisotopic (exact) mass is 604 g/mol. The Morgan fingerprint density at radius 3 is 2.18 bits per heavy atom. The molecule has 1 atom stereocenters. The standard InChI is InChI=1S/C35H32N4O4S/c1-24-11-9-12-25(2)33(24)31-21-32-37-35(36-31)38-44(41,42)30-18-10-17-28(20-30)34(40)39(22-27-15-7-4-8-16-27)23-29(43-32)19-26-13-5-3-6-14-26/h3-18,20-21,29H,19,22-23H2,1-2H3,(H,36,37,38)/t29-/m1/s1. The summed E-state index contributed by atoms with van der Waals surface area (Å²) in [5.74, 6) is -0.217. The Balaban J connectivity index is 1.51. The molecular formula is C35H32N4O4S. The second kappa shape index (κ2) is 12.3. The molecule has 0 spiro atoms. The number of carbonyl (C=O) groups is 1. The highest BCUT2D eigenvalue weighted by Gasteiger charge is 2.27. The molecule has 0 saturated heterocycles. The van der Waals surface area contributed by atoms with E-state index in [-0.39, 0.29) is 34.7 Å². The van der Waals surface area contributed by atoms with Crippen molar-refractivity contribution in [3.05, 3.63) is 137 Å². The van der Waals surface area contributed by atoms with Gasteiger partial charge in [-0.15, -0.1) is 0 Å². The number of ether oxygens (including phenoxy) is 1. The Hall–Kier alpha value is -5.02. The zero-order chi connectivity index (χ0) is 30.7. The molecule has 0 unspecified atom stereocenters. The Morgan fingerprint density at radius 1 is 0.818 bits per heavy atom. The van der Waals surface area contributed by atoms with Gasteiger partial charge in [-0.3, -0.25) is 4.79 Å². The van der Waals surface area contributed by atoms with Gasteiger partial charge in [-0.25, -0.2) is 18.1 Å². The van der Waals surface area contributed by atoms with E-state index >= 15 is 0 Å². The first-order valence-corrected chi connectivity index (χ1v) is 15.9. The van der Waals surface area contributed by atoms with Gasteiger partial charge >= 0.3 is 0 Å². The third kappa shape index (κ3) is 6.48. The summed E-state index contributed by atoms with van der Waals surface area (Å²) in [6.07, 6.45) is -0.0253. The Labute approximate surface area is 257 Å². The van der Waals surface area contributed by atoms with Crippen LogP contribution < -0.4 is 9.46 Å². The number of amides is 1. The highest BCUT2D eigenvalue weighted by atomic mass is 32.2. The number of sulfonamides is 1. The summed E-state index contributed by atoms with van der Waals surface area (Å²) < 4.78 is 36.3. The molecule has 1 aromatic heterocycles. The van der Waals surface area contributed by atoms with Crippen molar-refractivity contribution >= 4 is 21.9 Å². The topological polar surface area (TPSA) is 101 Å². The normalized spacial score (nSPS) is 16.1. The first kappa shape index (κ1) is 29.1. The van der Waals surface area contributed by atoms with Crippen molar-refractivity contribution in [2.45, 2.75) is 37.8 Å². The van der Waals surface area contributed by atoms with E-state index in [2.05, 4.69) is 14.7 Å². The molecule has 0 radical (unpaired) electrons. The predicted octanol–water partition coefficient (Wildman–Crippen LogP) is 6.21. The van der Waals surface area contributed by atoms with Gasteiger partial charge in [0.1, 0.15) is 6.10 Å². The largest absolute Gasteiger partial charge is 0.472 e. The SMILES string of the molecule is Cc1cccc(C)c1-c1cc2nc(n1)NS(=O)(=O)c1cccc(c1)C(=O)N(Cc1ccccc1)C[C@@H](Cc1ccccc1)O2. The van der Waals surface area contributed by atoms with E-state index in [0.29, 0.717) is 18.7 Å². The van der Waals surface area contributed by atoms with Crippen molar-refractivity contribution < 1.29 is 17.9 Å². The lowest BCUT2D eigenvalue weighted by Gasteiger charge is -2.28. The van der Waals surface area contributed by atoms with Crippen LogP contribution in [-0.2, 0) is 23.0 Å². The number of hydrogen-bond acceptors (Lipinski definition) is 6. The van der Waals surface area contributed by atoms with Gasteiger partial charge < -0.3 is 9.64 Å². The van der Waals surface area contributed by atoms with Crippen LogP contribution in [0, 0.1) is 13.8 Å². The van der Waals surface area contributed by atoms with Gasteiger partial charge in [0.2, 0.25) is 11.8 Å². The molecular weight excluding hydrogens is 572 g/mol. The van der Waals surface area contributed by atoms with Crippen molar-refractivity contribution in [2.24, 2.45) is 0 Å². The highest BCUT2D eigenvalue weighted by molar-refractivity contribution is 7.92. The van der Waals surface area contributed by atoms with E-state index in [1.807, 2.05) is 92.7 Å². The number of rotatable bonds is 5. The molecule has 1 N–H and O–H groups in total. The van der Waals surface area contributed by atoms with Crippen LogP contribution in [0.2, 0.25) is 0 Å². The third-order valence-corrected chi connectivity index (χ3v) is 8.90. The molecule has 4 aromatic carbocycles. The minimum atomic E-state index is -4.14. The Bertz CT molecular complexity index is 1890. The number of hydrogen-bond donors (Lipinski definition) is 1. The van der Waals surface area contributed by atoms with Gasteiger partial charge in [0.25, 0.3) is 15.9 Å². The van der Waals surface area contributed by atoms with Crippen LogP contribution >= 0.6 is 0 Å². The molecule has 1 aliphatic rings. The number of nitrogens with one attached hydrogen (secondary N) is 1. The molecule has 0 aliphatic carbocycles. The van der Waals surface area contributed by atoms with E-state index < -0.39 is 16.1 Å². The van der Waals surface area contributed by atoms with Crippen molar-refractivity contribution in [3.63, 3.8) is 0 Å².